The van der Waals surface area contributed by atoms with Crippen LogP contribution in [0.4, 0.5) is 14.6 Å². The van der Waals surface area contributed by atoms with Crippen molar-refractivity contribution < 1.29 is 8.78 Å². The van der Waals surface area contributed by atoms with E-state index in [4.69, 9.17) is 0 Å². The predicted octanol–water partition coefficient (Wildman–Crippen LogP) is 2.43. The maximum atomic E-state index is 12.2. The maximum Gasteiger partial charge on any atom is 0.257 e. The Morgan fingerprint density at radius 2 is 2.05 bits per heavy atom. The van der Waals surface area contributed by atoms with Gasteiger partial charge in [0.25, 0.3) is 6.43 Å². The molecule has 0 spiro atoms. The van der Waals surface area contributed by atoms with E-state index in [1.807, 2.05) is 0 Å². The van der Waals surface area contributed by atoms with Crippen molar-refractivity contribution in [3.63, 3.8) is 0 Å². The van der Waals surface area contributed by atoms with E-state index in [1.54, 1.807) is 12.3 Å². The largest absolute Gasteiger partial charge is 0.366 e. The van der Waals surface area contributed by atoms with Crippen molar-refractivity contribution in [1.29, 1.82) is 0 Å². The average Bonchev–Trinajstić information content (AvgIpc) is 2.76. The molecule has 0 amide bonds. The van der Waals surface area contributed by atoms with E-state index in [2.05, 4.69) is 29.2 Å². The summed E-state index contributed by atoms with van der Waals surface area (Å²) in [4.78, 5) is 2.45. The Morgan fingerprint density at radius 1 is 1.37 bits per heavy atom. The summed E-state index contributed by atoms with van der Waals surface area (Å²) in [5.41, 5.74) is 0. The molecule has 2 rings (SSSR count). The Balaban J connectivity index is 1.80. The zero-order chi connectivity index (χ0) is 13.8. The molecule has 1 aromatic heterocycles. The Kier molecular flexibility index (Phi) is 4.74. The Labute approximate surface area is 112 Å². The van der Waals surface area contributed by atoms with Gasteiger partial charge >= 0.3 is 0 Å². The third kappa shape index (κ3) is 4.16. The summed E-state index contributed by atoms with van der Waals surface area (Å²) in [6.45, 7) is 6.23. The number of halogens is 2. The zero-order valence-corrected chi connectivity index (χ0v) is 11.5. The average molecular weight is 272 g/mol. The molecule has 4 nitrogen and oxygen atoms in total. The van der Waals surface area contributed by atoms with Crippen LogP contribution < -0.4 is 5.32 Å². The highest BCUT2D eigenvalue weighted by molar-refractivity contribution is 5.33. The van der Waals surface area contributed by atoms with Crippen LogP contribution in [-0.2, 0) is 6.54 Å². The standard InChI is InChI=1S/C13H22F2N4/c1-10(2)18-6-3-11(4-7-18)16-13-5-8-19(17-13)9-12(14)15/h5,8,10-12H,3-4,6-7,9H2,1-2H3,(H,16,17). The van der Waals surface area contributed by atoms with Crippen molar-refractivity contribution in [3.8, 4) is 0 Å². The van der Waals surface area contributed by atoms with Gasteiger partial charge < -0.3 is 10.2 Å². The van der Waals surface area contributed by atoms with Crippen LogP contribution in [-0.4, -0.2) is 46.3 Å². The summed E-state index contributed by atoms with van der Waals surface area (Å²) in [6, 6.07) is 2.74. The second-order valence-electron chi connectivity index (χ2n) is 5.36. The van der Waals surface area contributed by atoms with E-state index < -0.39 is 6.43 Å². The molecule has 0 bridgehead atoms. The summed E-state index contributed by atoms with van der Waals surface area (Å²) in [6.07, 6.45) is 1.37. The van der Waals surface area contributed by atoms with Crippen molar-refractivity contribution >= 4 is 5.82 Å². The van der Waals surface area contributed by atoms with Crippen LogP contribution in [0.2, 0.25) is 0 Å². The van der Waals surface area contributed by atoms with Gasteiger partial charge in [0.1, 0.15) is 12.4 Å². The molecule has 0 atom stereocenters. The Morgan fingerprint density at radius 3 is 2.63 bits per heavy atom. The molecule has 1 aliphatic rings. The fraction of sp³-hybridized carbons (Fsp3) is 0.769. The van der Waals surface area contributed by atoms with E-state index in [1.165, 1.54) is 4.68 Å². The number of nitrogens with one attached hydrogen (secondary N) is 1. The highest BCUT2D eigenvalue weighted by atomic mass is 19.3. The first-order valence-electron chi connectivity index (χ1n) is 6.87. The minimum absolute atomic E-state index is 0.340. The van der Waals surface area contributed by atoms with E-state index >= 15 is 0 Å². The van der Waals surface area contributed by atoms with Crippen LogP contribution in [0.3, 0.4) is 0 Å². The van der Waals surface area contributed by atoms with Gasteiger partial charge in [-0.3, -0.25) is 4.68 Å². The van der Waals surface area contributed by atoms with Gasteiger partial charge in [-0.05, 0) is 26.7 Å². The Hall–Kier alpha value is -1.17. The topological polar surface area (TPSA) is 33.1 Å². The van der Waals surface area contributed by atoms with Crippen molar-refractivity contribution in [1.82, 2.24) is 14.7 Å². The van der Waals surface area contributed by atoms with Crippen LogP contribution >= 0.6 is 0 Å². The molecule has 2 heterocycles. The normalized spacial score (nSPS) is 18.4. The van der Waals surface area contributed by atoms with E-state index in [-0.39, 0.29) is 6.54 Å². The first-order chi connectivity index (χ1) is 9.04. The molecule has 1 fully saturated rings. The van der Waals surface area contributed by atoms with E-state index in [0.29, 0.717) is 17.9 Å². The smallest absolute Gasteiger partial charge is 0.257 e. The van der Waals surface area contributed by atoms with Crippen LogP contribution in [0.15, 0.2) is 12.3 Å². The van der Waals surface area contributed by atoms with Gasteiger partial charge in [0.2, 0.25) is 0 Å². The SMILES string of the molecule is CC(C)N1CCC(Nc2ccn(CC(F)F)n2)CC1. The van der Waals surface area contributed by atoms with Crippen molar-refractivity contribution in [3.05, 3.63) is 12.3 Å². The number of anilines is 1. The lowest BCUT2D eigenvalue weighted by Crippen LogP contribution is -2.42. The van der Waals surface area contributed by atoms with Gasteiger partial charge in [-0.15, -0.1) is 0 Å². The monoisotopic (exact) mass is 272 g/mol. The van der Waals surface area contributed by atoms with Gasteiger partial charge in [-0.1, -0.05) is 0 Å². The molecular formula is C13H22F2N4. The first-order valence-corrected chi connectivity index (χ1v) is 6.87. The summed E-state index contributed by atoms with van der Waals surface area (Å²) in [7, 11) is 0. The van der Waals surface area contributed by atoms with E-state index in [0.717, 1.165) is 25.9 Å². The molecular weight excluding hydrogens is 250 g/mol. The zero-order valence-electron chi connectivity index (χ0n) is 11.5. The van der Waals surface area contributed by atoms with Gasteiger partial charge in [-0.25, -0.2) is 8.78 Å². The highest BCUT2D eigenvalue weighted by Gasteiger charge is 2.21. The third-order valence-corrected chi connectivity index (χ3v) is 3.58. The fourth-order valence-electron chi connectivity index (χ4n) is 2.45. The van der Waals surface area contributed by atoms with Crippen molar-refractivity contribution in [2.45, 2.75) is 51.7 Å². The number of rotatable bonds is 5. The van der Waals surface area contributed by atoms with Crippen LogP contribution in [0, 0.1) is 0 Å². The highest BCUT2D eigenvalue weighted by Crippen LogP contribution is 2.17. The number of alkyl halides is 2. The molecule has 0 aromatic carbocycles. The van der Waals surface area contributed by atoms with Gasteiger partial charge in [0.05, 0.1) is 0 Å². The van der Waals surface area contributed by atoms with Gasteiger partial charge in [0.15, 0.2) is 0 Å². The lowest BCUT2D eigenvalue weighted by molar-refractivity contribution is 0.122. The van der Waals surface area contributed by atoms with Gasteiger partial charge in [-0.2, -0.15) is 5.10 Å². The molecule has 0 aliphatic carbocycles. The molecule has 6 heteroatoms. The molecule has 1 aromatic rings. The number of nitrogens with zero attached hydrogens (tertiary/aromatic N) is 3. The molecule has 108 valence electrons. The van der Waals surface area contributed by atoms with Crippen LogP contribution in [0.25, 0.3) is 0 Å². The second-order valence-corrected chi connectivity index (χ2v) is 5.36. The maximum absolute atomic E-state index is 12.2. The molecule has 0 unspecified atom stereocenters. The Bertz CT molecular complexity index is 384. The fourth-order valence-corrected chi connectivity index (χ4v) is 2.45. The van der Waals surface area contributed by atoms with Crippen LogP contribution in [0.5, 0.6) is 0 Å². The first kappa shape index (κ1) is 14.2. The number of hydrogen-bond donors (Lipinski definition) is 1. The summed E-state index contributed by atoms with van der Waals surface area (Å²) >= 11 is 0. The molecule has 1 N–H and O–H groups in total. The lowest BCUT2D eigenvalue weighted by Gasteiger charge is -2.34. The van der Waals surface area contributed by atoms with E-state index in [9.17, 15) is 8.78 Å². The van der Waals surface area contributed by atoms with Gasteiger partial charge in [0, 0.05) is 37.4 Å². The number of aromatic nitrogens is 2. The molecule has 0 radical (unpaired) electrons. The summed E-state index contributed by atoms with van der Waals surface area (Å²) < 4.78 is 25.7. The quantitative estimate of drug-likeness (QED) is 0.893. The summed E-state index contributed by atoms with van der Waals surface area (Å²) in [5.74, 6) is 0.698. The predicted molar refractivity (Wildman–Crippen MR) is 71.6 cm³/mol. The summed E-state index contributed by atoms with van der Waals surface area (Å²) in [5, 5.41) is 7.44. The second kappa shape index (κ2) is 6.32. The van der Waals surface area contributed by atoms with Crippen molar-refractivity contribution in [2.24, 2.45) is 0 Å². The number of likely N-dealkylation sites (tertiary alicyclic amines) is 1. The van der Waals surface area contributed by atoms with Crippen LogP contribution in [0.1, 0.15) is 26.7 Å². The third-order valence-electron chi connectivity index (χ3n) is 3.58. The molecule has 19 heavy (non-hydrogen) atoms. The molecule has 1 saturated heterocycles. The molecule has 0 saturated carbocycles. The minimum atomic E-state index is -2.36. The number of hydrogen-bond acceptors (Lipinski definition) is 3. The minimum Gasteiger partial charge on any atom is -0.366 e. The number of piperidine rings is 1. The lowest BCUT2D eigenvalue weighted by atomic mass is 10.0. The van der Waals surface area contributed by atoms with Crippen molar-refractivity contribution in [2.75, 3.05) is 18.4 Å². The molecule has 1 aliphatic heterocycles.